The fourth-order valence-corrected chi connectivity index (χ4v) is 3.29. The average Bonchev–Trinajstić information content (AvgIpc) is 2.82. The molecule has 0 saturated carbocycles. The third-order valence-electron chi connectivity index (χ3n) is 4.71. The molecule has 172 valence electrons. The molecule has 0 amide bonds. The highest BCUT2D eigenvalue weighted by Gasteiger charge is 2.44. The van der Waals surface area contributed by atoms with Crippen LogP contribution >= 0.6 is 0 Å². The fourth-order valence-electron chi connectivity index (χ4n) is 3.29. The van der Waals surface area contributed by atoms with Crippen molar-refractivity contribution in [2.24, 2.45) is 0 Å². The normalized spacial score (nSPS) is 11.3. The number of hydrogen-bond donors (Lipinski definition) is 0. The summed E-state index contributed by atoms with van der Waals surface area (Å²) in [5, 5.41) is 64.0. The lowest BCUT2D eigenvalue weighted by Gasteiger charge is -2.19. The van der Waals surface area contributed by atoms with E-state index >= 15 is 0 Å². The van der Waals surface area contributed by atoms with Crippen LogP contribution in [0.2, 0.25) is 0 Å². The van der Waals surface area contributed by atoms with E-state index in [1.165, 1.54) is 30.3 Å². The lowest BCUT2D eigenvalue weighted by molar-refractivity contribution is -0.141. The van der Waals surface area contributed by atoms with Crippen molar-refractivity contribution in [1.29, 1.82) is 36.8 Å². The summed E-state index contributed by atoms with van der Waals surface area (Å²) < 4.78 is 82.8. The maximum Gasteiger partial charge on any atom is 0.418 e. The van der Waals surface area contributed by atoms with Gasteiger partial charge in [0.25, 0.3) is 0 Å². The zero-order valence-corrected chi connectivity index (χ0v) is 17.1. The molecule has 0 saturated heterocycles. The third kappa shape index (κ3) is 4.35. The van der Waals surface area contributed by atoms with Gasteiger partial charge < -0.3 is 0 Å². The van der Waals surface area contributed by atoms with Crippen LogP contribution in [0.1, 0.15) is 38.9 Å². The van der Waals surface area contributed by atoms with Crippen molar-refractivity contribution in [3.63, 3.8) is 0 Å². The zero-order chi connectivity index (χ0) is 27.4. The van der Waals surface area contributed by atoms with Gasteiger partial charge in [0.1, 0.15) is 48.1 Å². The highest BCUT2D eigenvalue weighted by molar-refractivity contribution is 5.83. The van der Waals surface area contributed by atoms with Crippen LogP contribution in [0.15, 0.2) is 18.2 Å². The summed E-state index contributed by atoms with van der Waals surface area (Å²) in [5.41, 5.74) is -12.1. The van der Waals surface area contributed by atoms with Crippen LogP contribution in [-0.2, 0) is 12.4 Å². The minimum absolute atomic E-state index is 0.135. The summed E-state index contributed by atoms with van der Waals surface area (Å²) in [5.74, 6) is 0. The van der Waals surface area contributed by atoms with Gasteiger partial charge >= 0.3 is 12.4 Å². The van der Waals surface area contributed by atoms with Gasteiger partial charge in [-0.1, -0.05) is 12.1 Å². The van der Waals surface area contributed by atoms with E-state index in [2.05, 4.69) is 0 Å². The molecule has 13 heteroatoms. The van der Waals surface area contributed by atoms with Gasteiger partial charge in [-0.25, -0.2) is 0 Å². The van der Waals surface area contributed by atoms with Gasteiger partial charge in [-0.2, -0.15) is 63.2 Å². The lowest BCUT2D eigenvalue weighted by atomic mass is 9.87. The second-order valence-electron chi connectivity index (χ2n) is 6.54. The first-order chi connectivity index (χ1) is 16.9. The minimum atomic E-state index is -5.54. The summed E-state index contributed by atoms with van der Waals surface area (Å²) in [6.07, 6.45) is -11.0. The Kier molecular flexibility index (Phi) is 7.04. The Morgan fingerprint density at radius 2 is 1.06 bits per heavy atom. The smallest absolute Gasteiger partial charge is 0.192 e. The van der Waals surface area contributed by atoms with E-state index < -0.39 is 72.9 Å². The number of hydrogen-bond acceptors (Lipinski definition) is 7. The zero-order valence-electron chi connectivity index (χ0n) is 17.1. The molecule has 2 rings (SSSR count). The first-order valence-electron chi connectivity index (χ1n) is 8.94. The van der Waals surface area contributed by atoms with Gasteiger partial charge in [-0.3, -0.25) is 0 Å². The van der Waals surface area contributed by atoms with E-state index in [-0.39, 0.29) is 6.07 Å². The minimum Gasteiger partial charge on any atom is -0.192 e. The molecule has 0 bridgehead atoms. The summed E-state index contributed by atoms with van der Waals surface area (Å²) >= 11 is 0. The molecule has 0 aromatic heterocycles. The number of rotatable bonds is 1. The van der Waals surface area contributed by atoms with Gasteiger partial charge in [0.2, 0.25) is 0 Å². The predicted octanol–water partition coefficient (Wildman–Crippen LogP) is 3.13. The molecule has 0 aliphatic heterocycles. The molecular weight excluding hydrogens is 488 g/mol. The Hall–Kier alpha value is -5.81. The van der Waals surface area contributed by atoms with E-state index in [9.17, 15) is 47.4 Å². The maximum atomic E-state index is 14.0. The second kappa shape index (κ2) is 9.59. The van der Waals surface area contributed by atoms with Crippen molar-refractivity contribution in [3.8, 4) is 42.5 Å². The van der Waals surface area contributed by atoms with Crippen LogP contribution in [0.25, 0.3) is 11.1 Å². The molecule has 0 fully saturated rings. The Labute approximate surface area is 197 Å². The number of benzene rings is 2. The predicted molar refractivity (Wildman–Crippen MR) is 104 cm³/mol. The fraction of sp³-hybridized carbons (Fsp3) is 0.0870. The molecule has 0 heterocycles. The van der Waals surface area contributed by atoms with Crippen LogP contribution in [0.3, 0.4) is 0 Å². The standard InChI is InChI=1S/C23H3F6N7/c24-22(25,26)20-3-14(21(23(27,28)29)19(10-36)18(20)9-35)16(7-33)13-2-1-12(11(4-30)5-31)15(6-32)17(13)8-34/h1-3H/b16-13+. The van der Waals surface area contributed by atoms with Gasteiger partial charge in [0.15, 0.2) is 0 Å². The van der Waals surface area contributed by atoms with Crippen LogP contribution in [0, 0.1) is 79.3 Å². The molecular formula is C23H3F6N7. The van der Waals surface area contributed by atoms with Crippen LogP contribution < -0.4 is 10.4 Å². The monoisotopic (exact) mass is 491 g/mol. The molecule has 0 atom stereocenters. The molecule has 2 aromatic carbocycles. The Morgan fingerprint density at radius 1 is 0.583 bits per heavy atom. The highest BCUT2D eigenvalue weighted by atomic mass is 19.4. The average molecular weight is 491 g/mol. The Balaban J connectivity index is 3.45. The van der Waals surface area contributed by atoms with E-state index in [1.54, 1.807) is 0 Å². The van der Waals surface area contributed by atoms with Crippen molar-refractivity contribution in [2.45, 2.75) is 12.4 Å². The SMILES string of the molecule is N#CC(C#N)=c1cc/c(=C(/C#N)c2cc(C(F)(F)F)c(C#N)c(C#N)c2C(F)(F)F)c(C#N)c1C#N. The van der Waals surface area contributed by atoms with E-state index in [0.717, 1.165) is 24.3 Å². The van der Waals surface area contributed by atoms with Crippen molar-refractivity contribution < 1.29 is 26.3 Å². The molecule has 36 heavy (non-hydrogen) atoms. The second-order valence-corrected chi connectivity index (χ2v) is 6.54. The quantitative estimate of drug-likeness (QED) is 0.552. The molecule has 0 unspecified atom stereocenters. The molecule has 0 N–H and O–H groups in total. The van der Waals surface area contributed by atoms with Crippen LogP contribution in [-0.4, -0.2) is 0 Å². The largest absolute Gasteiger partial charge is 0.418 e. The molecule has 0 aliphatic carbocycles. The summed E-state index contributed by atoms with van der Waals surface area (Å²) in [6, 6.07) is 10.5. The molecule has 7 nitrogen and oxygen atoms in total. The van der Waals surface area contributed by atoms with Gasteiger partial charge in [-0.15, -0.1) is 0 Å². The Bertz CT molecular complexity index is 1720. The Morgan fingerprint density at radius 3 is 1.44 bits per heavy atom. The van der Waals surface area contributed by atoms with Gasteiger partial charge in [-0.05, 0) is 6.07 Å². The lowest BCUT2D eigenvalue weighted by Crippen LogP contribution is -2.24. The van der Waals surface area contributed by atoms with Crippen LogP contribution in [0.5, 0.6) is 0 Å². The topological polar surface area (TPSA) is 167 Å². The van der Waals surface area contributed by atoms with Crippen molar-refractivity contribution in [1.82, 2.24) is 0 Å². The first-order valence-corrected chi connectivity index (χ1v) is 8.94. The maximum absolute atomic E-state index is 14.0. The summed E-state index contributed by atoms with van der Waals surface area (Å²) in [4.78, 5) is 0. The third-order valence-corrected chi connectivity index (χ3v) is 4.71. The van der Waals surface area contributed by atoms with E-state index in [1.807, 2.05) is 0 Å². The van der Waals surface area contributed by atoms with Crippen molar-refractivity contribution >= 4 is 11.1 Å². The van der Waals surface area contributed by atoms with Crippen LogP contribution in [0.4, 0.5) is 26.3 Å². The van der Waals surface area contributed by atoms with Crippen molar-refractivity contribution in [3.05, 3.63) is 67.6 Å². The molecule has 0 aliphatic rings. The first kappa shape index (κ1) is 26.4. The number of nitriles is 7. The summed E-state index contributed by atoms with van der Waals surface area (Å²) in [7, 11) is 0. The highest BCUT2D eigenvalue weighted by Crippen LogP contribution is 2.43. The molecule has 0 spiro atoms. The summed E-state index contributed by atoms with van der Waals surface area (Å²) in [6.45, 7) is 0. The number of nitrogens with zero attached hydrogens (tertiary/aromatic N) is 7. The van der Waals surface area contributed by atoms with Gasteiger partial charge in [0.05, 0.1) is 39.0 Å². The van der Waals surface area contributed by atoms with E-state index in [0.29, 0.717) is 0 Å². The molecule has 0 radical (unpaired) electrons. The molecule has 2 aromatic rings. The van der Waals surface area contributed by atoms with Gasteiger partial charge in [0, 0.05) is 16.0 Å². The van der Waals surface area contributed by atoms with Crippen molar-refractivity contribution in [2.75, 3.05) is 0 Å². The number of halogens is 6. The van der Waals surface area contributed by atoms with E-state index in [4.69, 9.17) is 15.8 Å². The number of alkyl halides is 6.